The van der Waals surface area contributed by atoms with Gasteiger partial charge in [0.1, 0.15) is 11.2 Å². The van der Waals surface area contributed by atoms with Gasteiger partial charge in [-0.25, -0.2) is 4.79 Å². The third-order valence-corrected chi connectivity index (χ3v) is 10.1. The molecule has 0 radical (unpaired) electrons. The topological polar surface area (TPSA) is 76.7 Å². The number of nitrogens with one attached hydrogen (secondary N) is 2. The van der Waals surface area contributed by atoms with Crippen LogP contribution in [0, 0.1) is 14.9 Å². The zero-order valence-corrected chi connectivity index (χ0v) is 25.1. The summed E-state index contributed by atoms with van der Waals surface area (Å²) in [4.78, 5) is 27.4. The maximum Gasteiger partial charge on any atom is 0.344 e. The Balaban J connectivity index is 1.38. The van der Waals surface area contributed by atoms with Crippen LogP contribution in [-0.2, 0) is 12.8 Å². The van der Waals surface area contributed by atoms with Gasteiger partial charge < -0.3 is 20.1 Å². The number of benzene rings is 2. The molecular weight excluding hydrogens is 611 g/mol. The molecule has 0 saturated heterocycles. The molecule has 5 rings (SSSR count). The normalized spacial score (nSPS) is 18.6. The molecule has 2 N–H and O–H groups in total. The van der Waals surface area contributed by atoms with Gasteiger partial charge in [-0.1, -0.05) is 45.4 Å². The van der Waals surface area contributed by atoms with Crippen LogP contribution >= 0.6 is 33.9 Å². The van der Waals surface area contributed by atoms with Gasteiger partial charge in [-0.3, -0.25) is 4.79 Å². The van der Waals surface area contributed by atoms with Crippen LogP contribution in [0.15, 0.2) is 42.5 Å². The second-order valence-electron chi connectivity index (χ2n) is 10.5. The molecule has 3 aromatic rings. The van der Waals surface area contributed by atoms with Crippen molar-refractivity contribution in [1.29, 1.82) is 0 Å². The molecule has 2 aliphatic rings. The van der Waals surface area contributed by atoms with Crippen molar-refractivity contribution in [2.24, 2.45) is 11.3 Å². The molecule has 2 aromatic carbocycles. The summed E-state index contributed by atoms with van der Waals surface area (Å²) in [5, 5.41) is 7.62. The first kappa shape index (κ1) is 27.0. The lowest BCUT2D eigenvalue weighted by molar-refractivity contribution is 0.0727. The number of carbonyl (C=O) groups excluding carboxylic acids is 2. The molecule has 2 heterocycles. The summed E-state index contributed by atoms with van der Waals surface area (Å²) in [5.41, 5.74) is 3.64. The Labute approximate surface area is 241 Å². The van der Waals surface area contributed by atoms with Gasteiger partial charge in [-0.2, -0.15) is 0 Å². The standard InChI is InChI=1S/C30H33IN2O4S/c1-5-30(3,4)18-12-13-20-24(16-18)38-28-25(20)27(34)32-26(33-28)17-11-14-22(23(15-17)36-6-2)37-29(35)19-9-7-8-10-21(19)31/h7-11,14-15,18,26,33H,5-6,12-13,16H2,1-4H3,(H,32,34)/t18-,26+/m1/s1. The first-order chi connectivity index (χ1) is 18.2. The Bertz CT molecular complexity index is 1380. The van der Waals surface area contributed by atoms with E-state index in [-0.39, 0.29) is 5.91 Å². The molecule has 0 fully saturated rings. The van der Waals surface area contributed by atoms with Crippen molar-refractivity contribution in [3.63, 3.8) is 0 Å². The van der Waals surface area contributed by atoms with Crippen molar-refractivity contribution in [3.05, 3.63) is 73.2 Å². The predicted molar refractivity (Wildman–Crippen MR) is 159 cm³/mol. The Hall–Kier alpha value is -2.59. The third kappa shape index (κ3) is 5.17. The number of carbonyl (C=O) groups is 2. The van der Waals surface area contributed by atoms with Crippen LogP contribution in [0.2, 0.25) is 0 Å². The van der Waals surface area contributed by atoms with E-state index in [1.807, 2.05) is 37.3 Å². The van der Waals surface area contributed by atoms with Crippen LogP contribution in [0.25, 0.3) is 0 Å². The van der Waals surface area contributed by atoms with Gasteiger partial charge in [0.2, 0.25) is 0 Å². The molecule has 1 amide bonds. The van der Waals surface area contributed by atoms with Gasteiger partial charge in [0.25, 0.3) is 5.91 Å². The second-order valence-corrected chi connectivity index (χ2v) is 12.8. The molecule has 38 heavy (non-hydrogen) atoms. The summed E-state index contributed by atoms with van der Waals surface area (Å²) in [6, 6.07) is 12.7. The number of esters is 1. The van der Waals surface area contributed by atoms with Crippen molar-refractivity contribution >= 4 is 50.8 Å². The average molecular weight is 645 g/mol. The van der Waals surface area contributed by atoms with E-state index in [4.69, 9.17) is 9.47 Å². The monoisotopic (exact) mass is 644 g/mol. The van der Waals surface area contributed by atoms with Crippen LogP contribution in [0.1, 0.15) is 83.4 Å². The van der Waals surface area contributed by atoms with Crippen LogP contribution in [0.3, 0.4) is 0 Å². The van der Waals surface area contributed by atoms with E-state index in [0.29, 0.717) is 35.0 Å². The van der Waals surface area contributed by atoms with Crippen molar-refractivity contribution in [1.82, 2.24) is 5.32 Å². The maximum atomic E-state index is 13.3. The van der Waals surface area contributed by atoms with Crippen LogP contribution in [0.4, 0.5) is 5.00 Å². The number of rotatable bonds is 7. The van der Waals surface area contributed by atoms with Crippen LogP contribution < -0.4 is 20.1 Å². The number of halogens is 1. The Kier molecular flexibility index (Phi) is 7.73. The van der Waals surface area contributed by atoms with E-state index >= 15 is 0 Å². The van der Waals surface area contributed by atoms with Gasteiger partial charge in [0.15, 0.2) is 11.5 Å². The number of fused-ring (bicyclic) bond motifs is 3. The first-order valence-corrected chi connectivity index (χ1v) is 15.1. The largest absolute Gasteiger partial charge is 0.490 e. The highest BCUT2D eigenvalue weighted by molar-refractivity contribution is 14.1. The van der Waals surface area contributed by atoms with E-state index in [9.17, 15) is 9.59 Å². The van der Waals surface area contributed by atoms with Crippen molar-refractivity contribution in [2.75, 3.05) is 11.9 Å². The van der Waals surface area contributed by atoms with E-state index in [2.05, 4.69) is 54.0 Å². The zero-order valence-electron chi connectivity index (χ0n) is 22.2. The Morgan fingerprint density at radius 1 is 1.13 bits per heavy atom. The zero-order chi connectivity index (χ0) is 27.0. The molecule has 200 valence electrons. The summed E-state index contributed by atoms with van der Waals surface area (Å²) in [7, 11) is 0. The molecule has 8 heteroatoms. The molecule has 0 saturated carbocycles. The third-order valence-electron chi connectivity index (χ3n) is 7.96. The molecule has 0 spiro atoms. The SMILES string of the molecule is CCOc1cc([C@H]2NC(=O)c3c(sc4c3CC[C@@H](C(C)(C)CC)C4)N2)ccc1OC(=O)c1ccccc1I. The number of hydrogen-bond acceptors (Lipinski definition) is 6. The summed E-state index contributed by atoms with van der Waals surface area (Å²) < 4.78 is 12.4. The quantitative estimate of drug-likeness (QED) is 0.160. The fourth-order valence-corrected chi connectivity index (χ4v) is 7.22. The van der Waals surface area contributed by atoms with Crippen molar-refractivity contribution in [2.45, 2.75) is 59.5 Å². The first-order valence-electron chi connectivity index (χ1n) is 13.2. The molecule has 1 aliphatic carbocycles. The van der Waals surface area contributed by atoms with Gasteiger partial charge in [-0.05, 0) is 95.5 Å². The highest BCUT2D eigenvalue weighted by Crippen LogP contribution is 2.47. The van der Waals surface area contributed by atoms with Gasteiger partial charge >= 0.3 is 5.97 Å². The molecular formula is C30H33IN2O4S. The highest BCUT2D eigenvalue weighted by atomic mass is 127. The van der Waals surface area contributed by atoms with Gasteiger partial charge in [0, 0.05) is 8.45 Å². The lowest BCUT2D eigenvalue weighted by atomic mass is 9.69. The number of amides is 1. The molecule has 2 atom stereocenters. The average Bonchev–Trinajstić information content (AvgIpc) is 3.28. The fourth-order valence-electron chi connectivity index (χ4n) is 5.26. The Morgan fingerprint density at radius 3 is 2.66 bits per heavy atom. The van der Waals surface area contributed by atoms with Gasteiger partial charge in [-0.15, -0.1) is 11.3 Å². The lowest BCUT2D eigenvalue weighted by Gasteiger charge is -2.36. The van der Waals surface area contributed by atoms with Crippen LogP contribution in [0.5, 0.6) is 11.5 Å². The Morgan fingerprint density at radius 2 is 1.92 bits per heavy atom. The minimum Gasteiger partial charge on any atom is -0.490 e. The van der Waals surface area contributed by atoms with Crippen molar-refractivity contribution in [3.8, 4) is 11.5 Å². The fraction of sp³-hybridized carbons (Fsp3) is 0.400. The van der Waals surface area contributed by atoms with E-state index in [1.165, 1.54) is 10.4 Å². The van der Waals surface area contributed by atoms with Crippen molar-refractivity contribution < 1.29 is 19.1 Å². The van der Waals surface area contributed by atoms with E-state index in [1.54, 1.807) is 23.5 Å². The van der Waals surface area contributed by atoms with E-state index in [0.717, 1.165) is 45.4 Å². The predicted octanol–water partition coefficient (Wildman–Crippen LogP) is 7.37. The molecule has 1 aromatic heterocycles. The minimum absolute atomic E-state index is 0.0402. The molecule has 0 bridgehead atoms. The van der Waals surface area contributed by atoms with E-state index < -0.39 is 12.1 Å². The second kappa shape index (κ2) is 10.9. The summed E-state index contributed by atoms with van der Waals surface area (Å²) in [6.07, 6.45) is 3.84. The molecule has 6 nitrogen and oxygen atoms in total. The number of ether oxygens (including phenoxy) is 2. The lowest BCUT2D eigenvalue weighted by Crippen LogP contribution is -2.38. The minimum atomic E-state index is -0.439. The van der Waals surface area contributed by atoms with Crippen LogP contribution in [-0.4, -0.2) is 18.5 Å². The smallest absolute Gasteiger partial charge is 0.344 e. The summed E-state index contributed by atoms with van der Waals surface area (Å²) in [5.74, 6) is 0.954. The summed E-state index contributed by atoms with van der Waals surface area (Å²) in [6.45, 7) is 9.27. The van der Waals surface area contributed by atoms with Gasteiger partial charge in [0.05, 0.1) is 17.7 Å². The highest BCUT2D eigenvalue weighted by Gasteiger charge is 2.37. The number of thiophene rings is 1. The maximum absolute atomic E-state index is 13.3. The number of hydrogen-bond donors (Lipinski definition) is 2. The molecule has 0 unspecified atom stereocenters. The number of anilines is 1. The molecule has 1 aliphatic heterocycles. The summed E-state index contributed by atoms with van der Waals surface area (Å²) >= 11 is 3.84.